The molecule has 0 radical (unpaired) electrons. The van der Waals surface area contributed by atoms with E-state index in [1.54, 1.807) is 11.1 Å². The van der Waals surface area contributed by atoms with Gasteiger partial charge >= 0.3 is 0 Å². The summed E-state index contributed by atoms with van der Waals surface area (Å²) in [6, 6.07) is 2.09. The van der Waals surface area contributed by atoms with Crippen molar-refractivity contribution in [1.82, 2.24) is 20.4 Å². The third-order valence-corrected chi connectivity index (χ3v) is 3.89. The van der Waals surface area contributed by atoms with Gasteiger partial charge in [-0.1, -0.05) is 12.1 Å². The first-order chi connectivity index (χ1) is 9.70. The Morgan fingerprint density at radius 2 is 2.38 bits per heavy atom. The number of carbonyl (C=O) groups is 1. The number of hydrogen-bond donors (Lipinski definition) is 1. The number of halogens is 1. The minimum Gasteiger partial charge on any atom is -0.337 e. The summed E-state index contributed by atoms with van der Waals surface area (Å²) in [6.45, 7) is 3.82. The van der Waals surface area contributed by atoms with Gasteiger partial charge in [0.2, 0.25) is 0 Å². The average molecular weight is 311 g/mol. The summed E-state index contributed by atoms with van der Waals surface area (Å²) in [5.74, 6) is -0.00338. The van der Waals surface area contributed by atoms with E-state index >= 15 is 0 Å². The zero-order valence-corrected chi connectivity index (χ0v) is 12.9. The van der Waals surface area contributed by atoms with Crippen LogP contribution in [0.3, 0.4) is 0 Å². The Labute approximate surface area is 129 Å². The van der Waals surface area contributed by atoms with Crippen LogP contribution in [0.2, 0.25) is 0 Å². The molecule has 114 valence electrons. The Balaban J connectivity index is 0.00000161. The molecule has 0 bridgehead atoms. The normalized spacial score (nSPS) is 17.7. The van der Waals surface area contributed by atoms with Crippen molar-refractivity contribution in [2.24, 2.45) is 0 Å². The fraction of sp³-hybridized carbons (Fsp3) is 0.500. The first-order valence-electron chi connectivity index (χ1n) is 6.93. The Kier molecular flexibility index (Phi) is 4.80. The van der Waals surface area contributed by atoms with Crippen LogP contribution in [0, 0.1) is 0 Å². The van der Waals surface area contributed by atoms with Crippen LogP contribution in [0.5, 0.6) is 0 Å². The minimum absolute atomic E-state index is 0. The SMILES string of the molecule is CCc1noc2ncc(C(=O)N(C)C3CCNC3)cc12.Cl. The van der Waals surface area contributed by atoms with E-state index in [2.05, 4.69) is 15.5 Å². The fourth-order valence-corrected chi connectivity index (χ4v) is 2.59. The third-order valence-electron chi connectivity index (χ3n) is 3.89. The number of nitrogens with zero attached hydrogens (tertiary/aromatic N) is 3. The predicted molar refractivity (Wildman–Crippen MR) is 81.8 cm³/mol. The van der Waals surface area contributed by atoms with E-state index in [9.17, 15) is 4.79 Å². The number of fused-ring (bicyclic) bond motifs is 1. The van der Waals surface area contributed by atoms with E-state index in [-0.39, 0.29) is 24.4 Å². The Morgan fingerprint density at radius 3 is 3.05 bits per heavy atom. The van der Waals surface area contributed by atoms with Crippen LogP contribution in [-0.4, -0.2) is 47.1 Å². The van der Waals surface area contributed by atoms with Gasteiger partial charge in [-0.15, -0.1) is 12.4 Å². The lowest BCUT2D eigenvalue weighted by Gasteiger charge is -2.23. The zero-order valence-electron chi connectivity index (χ0n) is 12.1. The molecule has 0 aromatic carbocycles. The molecule has 2 aromatic heterocycles. The van der Waals surface area contributed by atoms with Crippen molar-refractivity contribution in [3.8, 4) is 0 Å². The van der Waals surface area contributed by atoms with E-state index in [0.29, 0.717) is 11.3 Å². The van der Waals surface area contributed by atoms with Gasteiger partial charge in [-0.2, -0.15) is 0 Å². The van der Waals surface area contributed by atoms with Gasteiger partial charge in [-0.3, -0.25) is 4.79 Å². The molecule has 21 heavy (non-hydrogen) atoms. The van der Waals surface area contributed by atoms with Crippen molar-refractivity contribution in [3.05, 3.63) is 23.5 Å². The quantitative estimate of drug-likeness (QED) is 0.933. The molecule has 7 heteroatoms. The second kappa shape index (κ2) is 6.41. The van der Waals surface area contributed by atoms with Gasteiger partial charge in [0.15, 0.2) is 0 Å². The maximum Gasteiger partial charge on any atom is 0.257 e. The lowest BCUT2D eigenvalue weighted by Crippen LogP contribution is -2.38. The molecule has 6 nitrogen and oxygen atoms in total. The molecule has 1 atom stereocenters. The molecule has 1 unspecified atom stereocenters. The number of nitrogens with one attached hydrogen (secondary N) is 1. The molecular formula is C14H19ClN4O2. The van der Waals surface area contributed by atoms with Crippen molar-refractivity contribution in [2.45, 2.75) is 25.8 Å². The van der Waals surface area contributed by atoms with E-state index in [1.807, 2.05) is 20.0 Å². The van der Waals surface area contributed by atoms with Crippen LogP contribution in [0.15, 0.2) is 16.8 Å². The summed E-state index contributed by atoms with van der Waals surface area (Å²) in [6.07, 6.45) is 3.31. The summed E-state index contributed by atoms with van der Waals surface area (Å²) in [7, 11) is 1.85. The second-order valence-electron chi connectivity index (χ2n) is 5.12. The number of aryl methyl sites for hydroxylation is 1. The molecule has 0 spiro atoms. The highest BCUT2D eigenvalue weighted by Crippen LogP contribution is 2.19. The van der Waals surface area contributed by atoms with Crippen LogP contribution in [-0.2, 0) is 6.42 Å². The number of carbonyl (C=O) groups excluding carboxylic acids is 1. The predicted octanol–water partition coefficient (Wildman–Crippen LogP) is 1.64. The zero-order chi connectivity index (χ0) is 14.1. The van der Waals surface area contributed by atoms with Gasteiger partial charge in [0.1, 0.15) is 0 Å². The minimum atomic E-state index is -0.00338. The van der Waals surface area contributed by atoms with Gasteiger partial charge in [0.05, 0.1) is 16.6 Å². The van der Waals surface area contributed by atoms with Gasteiger partial charge in [-0.05, 0) is 25.5 Å². The summed E-state index contributed by atoms with van der Waals surface area (Å²) in [5, 5.41) is 8.06. The van der Waals surface area contributed by atoms with Crippen LogP contribution in [0.25, 0.3) is 11.1 Å². The molecule has 1 amide bonds. The first kappa shape index (κ1) is 15.7. The van der Waals surface area contributed by atoms with Gasteiger partial charge in [-0.25, -0.2) is 4.98 Å². The summed E-state index contributed by atoms with van der Waals surface area (Å²) < 4.78 is 5.14. The number of hydrogen-bond acceptors (Lipinski definition) is 5. The molecule has 1 aliphatic rings. The molecule has 0 aliphatic carbocycles. The molecule has 1 N–H and O–H groups in total. The van der Waals surface area contributed by atoms with Crippen LogP contribution in [0.4, 0.5) is 0 Å². The molecule has 1 saturated heterocycles. The summed E-state index contributed by atoms with van der Waals surface area (Å²) >= 11 is 0. The van der Waals surface area contributed by atoms with Crippen LogP contribution in [0.1, 0.15) is 29.4 Å². The molecule has 2 aromatic rings. The Morgan fingerprint density at radius 1 is 1.57 bits per heavy atom. The Bertz CT molecular complexity index is 637. The third kappa shape index (κ3) is 2.87. The molecule has 1 fully saturated rings. The number of rotatable bonds is 3. The maximum absolute atomic E-state index is 12.5. The van der Waals surface area contributed by atoms with Gasteiger partial charge < -0.3 is 14.7 Å². The van der Waals surface area contributed by atoms with Crippen molar-refractivity contribution < 1.29 is 9.32 Å². The number of aromatic nitrogens is 2. The number of amides is 1. The number of pyridine rings is 1. The van der Waals surface area contributed by atoms with E-state index < -0.39 is 0 Å². The van der Waals surface area contributed by atoms with Crippen molar-refractivity contribution in [3.63, 3.8) is 0 Å². The molecule has 3 rings (SSSR count). The maximum atomic E-state index is 12.5. The topological polar surface area (TPSA) is 71.3 Å². The smallest absolute Gasteiger partial charge is 0.257 e. The number of likely N-dealkylation sites (N-methyl/N-ethyl adjacent to an activating group) is 1. The molecule has 1 aliphatic heterocycles. The van der Waals surface area contributed by atoms with Crippen LogP contribution >= 0.6 is 12.4 Å². The molecule has 0 saturated carbocycles. The molecular weight excluding hydrogens is 292 g/mol. The average Bonchev–Trinajstić information content (AvgIpc) is 3.14. The monoisotopic (exact) mass is 310 g/mol. The standard InChI is InChI=1S/C14H18N4O2.ClH/c1-3-12-11-6-9(7-16-13(11)20-17-12)14(19)18(2)10-4-5-15-8-10;/h6-7,10,15H,3-5,8H2,1-2H3;1H. The summed E-state index contributed by atoms with van der Waals surface area (Å²) in [5.41, 5.74) is 1.92. The van der Waals surface area contributed by atoms with E-state index in [4.69, 9.17) is 4.52 Å². The largest absolute Gasteiger partial charge is 0.337 e. The lowest BCUT2D eigenvalue weighted by molar-refractivity contribution is 0.0743. The highest BCUT2D eigenvalue weighted by molar-refractivity contribution is 5.97. The molecule has 3 heterocycles. The van der Waals surface area contributed by atoms with Crippen molar-refractivity contribution in [1.29, 1.82) is 0 Å². The van der Waals surface area contributed by atoms with E-state index in [1.165, 1.54) is 0 Å². The van der Waals surface area contributed by atoms with Crippen molar-refractivity contribution in [2.75, 3.05) is 20.1 Å². The van der Waals surface area contributed by atoms with Gasteiger partial charge in [0, 0.05) is 25.8 Å². The second-order valence-corrected chi connectivity index (χ2v) is 5.12. The lowest BCUT2D eigenvalue weighted by atomic mass is 10.1. The summed E-state index contributed by atoms with van der Waals surface area (Å²) in [4.78, 5) is 18.5. The van der Waals surface area contributed by atoms with E-state index in [0.717, 1.165) is 37.0 Å². The first-order valence-corrected chi connectivity index (χ1v) is 6.93. The van der Waals surface area contributed by atoms with Crippen LogP contribution < -0.4 is 5.32 Å². The Hall–Kier alpha value is -1.66. The highest BCUT2D eigenvalue weighted by atomic mass is 35.5. The van der Waals surface area contributed by atoms with Gasteiger partial charge in [0.25, 0.3) is 11.6 Å². The fourth-order valence-electron chi connectivity index (χ4n) is 2.59. The highest BCUT2D eigenvalue weighted by Gasteiger charge is 2.24. The van der Waals surface area contributed by atoms with Crippen molar-refractivity contribution >= 4 is 29.4 Å².